The van der Waals surface area contributed by atoms with Gasteiger partial charge < -0.3 is 9.84 Å². The zero-order chi connectivity index (χ0) is 14.0. The van der Waals surface area contributed by atoms with Gasteiger partial charge in [0.15, 0.2) is 0 Å². The van der Waals surface area contributed by atoms with Crippen molar-refractivity contribution in [3.8, 4) is 5.75 Å². The van der Waals surface area contributed by atoms with Gasteiger partial charge in [-0.15, -0.1) is 0 Å². The first kappa shape index (κ1) is 14.3. The van der Waals surface area contributed by atoms with E-state index in [0.29, 0.717) is 25.1 Å². The van der Waals surface area contributed by atoms with Crippen molar-refractivity contribution in [2.24, 2.45) is 0 Å². The maximum absolute atomic E-state index is 12.5. The predicted octanol–water partition coefficient (Wildman–Crippen LogP) is 1.15. The highest BCUT2D eigenvalue weighted by atomic mass is 32.2. The average molecular weight is 285 g/mol. The van der Waals surface area contributed by atoms with Crippen molar-refractivity contribution in [1.82, 2.24) is 4.31 Å². The molecule has 1 aromatic rings. The minimum atomic E-state index is -3.52. The number of rotatable bonds is 3. The molecule has 1 heterocycles. The highest BCUT2D eigenvalue weighted by Crippen LogP contribution is 2.25. The van der Waals surface area contributed by atoms with Crippen LogP contribution in [0, 0.1) is 6.92 Å². The number of aliphatic hydroxyl groups excluding tert-OH is 1. The highest BCUT2D eigenvalue weighted by molar-refractivity contribution is 7.89. The number of hydrogen-bond acceptors (Lipinski definition) is 4. The van der Waals surface area contributed by atoms with Crippen molar-refractivity contribution in [1.29, 1.82) is 0 Å². The molecule has 1 fully saturated rings. The third-order valence-corrected chi connectivity index (χ3v) is 5.22. The van der Waals surface area contributed by atoms with E-state index in [1.54, 1.807) is 25.3 Å². The molecule has 0 saturated carbocycles. The second-order valence-electron chi connectivity index (χ2n) is 4.79. The summed E-state index contributed by atoms with van der Waals surface area (Å²) in [7, 11) is -1.97. The van der Waals surface area contributed by atoms with Crippen molar-refractivity contribution < 1.29 is 18.3 Å². The molecule has 1 aliphatic heterocycles. The fourth-order valence-electron chi connectivity index (χ4n) is 2.30. The van der Waals surface area contributed by atoms with E-state index in [0.717, 1.165) is 5.56 Å². The summed E-state index contributed by atoms with van der Waals surface area (Å²) in [4.78, 5) is 0.250. The lowest BCUT2D eigenvalue weighted by molar-refractivity contribution is 0.108. The van der Waals surface area contributed by atoms with Gasteiger partial charge in [-0.3, -0.25) is 0 Å². The number of nitrogens with zero attached hydrogens (tertiary/aromatic N) is 1. The zero-order valence-corrected chi connectivity index (χ0v) is 12.0. The Morgan fingerprint density at radius 3 is 2.74 bits per heavy atom. The van der Waals surface area contributed by atoms with Gasteiger partial charge in [0.25, 0.3) is 0 Å². The number of aryl methyl sites for hydroxylation is 1. The molecule has 0 radical (unpaired) electrons. The molecule has 0 aromatic heterocycles. The third kappa shape index (κ3) is 2.91. The lowest BCUT2D eigenvalue weighted by Crippen LogP contribution is -2.42. The molecular formula is C13H19NO4S. The number of sulfonamides is 1. The van der Waals surface area contributed by atoms with Crippen molar-refractivity contribution >= 4 is 10.0 Å². The number of hydrogen-bond donors (Lipinski definition) is 1. The van der Waals surface area contributed by atoms with E-state index in [9.17, 15) is 13.5 Å². The van der Waals surface area contributed by atoms with Crippen LogP contribution >= 0.6 is 0 Å². The second-order valence-corrected chi connectivity index (χ2v) is 6.73. The van der Waals surface area contributed by atoms with E-state index in [1.165, 1.54) is 4.31 Å². The first-order chi connectivity index (χ1) is 8.95. The molecule has 19 heavy (non-hydrogen) atoms. The van der Waals surface area contributed by atoms with Crippen LogP contribution in [0.15, 0.2) is 23.1 Å². The van der Waals surface area contributed by atoms with E-state index in [4.69, 9.17) is 4.74 Å². The van der Waals surface area contributed by atoms with E-state index >= 15 is 0 Å². The Hall–Kier alpha value is -1.11. The normalized spacial score (nSPS) is 21.3. The van der Waals surface area contributed by atoms with Gasteiger partial charge in [0.2, 0.25) is 10.0 Å². The molecule has 1 aromatic carbocycles. The fraction of sp³-hybridized carbons (Fsp3) is 0.538. The van der Waals surface area contributed by atoms with E-state index in [-0.39, 0.29) is 11.4 Å². The quantitative estimate of drug-likeness (QED) is 0.904. The average Bonchev–Trinajstić information content (AvgIpc) is 2.38. The molecular weight excluding hydrogens is 266 g/mol. The summed E-state index contributed by atoms with van der Waals surface area (Å²) in [5.41, 5.74) is 0.779. The van der Waals surface area contributed by atoms with Crippen LogP contribution in [0.25, 0.3) is 0 Å². The summed E-state index contributed by atoms with van der Waals surface area (Å²) in [6.45, 7) is 2.45. The molecule has 1 N–H and O–H groups in total. The Balaban J connectivity index is 2.31. The standard InChI is InChI=1S/C13H19NO4S/c1-10-8-12(5-6-13(10)18-2)19(16,17)14-7-3-4-11(15)9-14/h5-6,8,11,15H,3-4,7,9H2,1-2H3/t11-/m0/s1. The molecule has 1 aliphatic rings. The predicted molar refractivity (Wildman–Crippen MR) is 71.7 cm³/mol. The lowest BCUT2D eigenvalue weighted by Gasteiger charge is -2.29. The van der Waals surface area contributed by atoms with Crippen LogP contribution in [0.1, 0.15) is 18.4 Å². The SMILES string of the molecule is COc1ccc(S(=O)(=O)N2CCC[C@H](O)C2)cc1C. The summed E-state index contributed by atoms with van der Waals surface area (Å²) < 4.78 is 31.4. The van der Waals surface area contributed by atoms with Crippen LogP contribution in [0.2, 0.25) is 0 Å². The van der Waals surface area contributed by atoms with Gasteiger partial charge in [-0.1, -0.05) is 0 Å². The Labute approximate surface area is 113 Å². The summed E-state index contributed by atoms with van der Waals surface area (Å²) in [5, 5.41) is 9.60. The highest BCUT2D eigenvalue weighted by Gasteiger charge is 2.29. The Bertz CT molecular complexity index is 556. The van der Waals surface area contributed by atoms with Crippen LogP contribution in [0.5, 0.6) is 5.75 Å². The van der Waals surface area contributed by atoms with Gasteiger partial charge in [-0.05, 0) is 43.5 Å². The summed E-state index contributed by atoms with van der Waals surface area (Å²) >= 11 is 0. The topological polar surface area (TPSA) is 66.8 Å². The number of methoxy groups -OCH3 is 1. The molecule has 1 saturated heterocycles. The third-order valence-electron chi connectivity index (χ3n) is 3.36. The van der Waals surface area contributed by atoms with E-state index in [1.807, 2.05) is 6.92 Å². The number of aliphatic hydroxyl groups is 1. The van der Waals surface area contributed by atoms with Crippen LogP contribution in [0.3, 0.4) is 0 Å². The monoisotopic (exact) mass is 285 g/mol. The Morgan fingerprint density at radius 2 is 2.16 bits per heavy atom. The van der Waals surface area contributed by atoms with Gasteiger partial charge in [-0.25, -0.2) is 8.42 Å². The van der Waals surface area contributed by atoms with E-state index < -0.39 is 16.1 Å². The number of β-amino-alcohol motifs (C(OH)–C–C–N with tert-alkyl or cyclic N) is 1. The number of benzene rings is 1. The lowest BCUT2D eigenvalue weighted by atomic mass is 10.1. The van der Waals surface area contributed by atoms with E-state index in [2.05, 4.69) is 0 Å². The van der Waals surface area contributed by atoms with Gasteiger partial charge in [0, 0.05) is 13.1 Å². The van der Waals surface area contributed by atoms with Gasteiger partial charge >= 0.3 is 0 Å². The van der Waals surface area contributed by atoms with Gasteiger partial charge in [0.05, 0.1) is 18.1 Å². The summed E-state index contributed by atoms with van der Waals surface area (Å²) in [6.07, 6.45) is 0.784. The maximum atomic E-state index is 12.5. The minimum Gasteiger partial charge on any atom is -0.496 e. The number of piperidine rings is 1. The van der Waals surface area contributed by atoms with Crippen molar-refractivity contribution in [2.45, 2.75) is 30.8 Å². The smallest absolute Gasteiger partial charge is 0.243 e. The largest absolute Gasteiger partial charge is 0.496 e. The van der Waals surface area contributed by atoms with Crippen LogP contribution in [-0.2, 0) is 10.0 Å². The molecule has 0 unspecified atom stereocenters. The van der Waals surface area contributed by atoms with Crippen LogP contribution < -0.4 is 4.74 Å². The van der Waals surface area contributed by atoms with Gasteiger partial charge in [-0.2, -0.15) is 4.31 Å². The second kappa shape index (κ2) is 5.48. The zero-order valence-electron chi connectivity index (χ0n) is 11.2. The molecule has 0 bridgehead atoms. The summed E-state index contributed by atoms with van der Waals surface area (Å²) in [5.74, 6) is 0.664. The maximum Gasteiger partial charge on any atom is 0.243 e. The first-order valence-corrected chi connectivity index (χ1v) is 7.72. The molecule has 0 aliphatic carbocycles. The Morgan fingerprint density at radius 1 is 1.42 bits per heavy atom. The van der Waals surface area contributed by atoms with Crippen LogP contribution in [0.4, 0.5) is 0 Å². The molecule has 6 heteroatoms. The number of ether oxygens (including phenoxy) is 1. The molecule has 106 valence electrons. The summed E-state index contributed by atoms with van der Waals surface area (Å²) in [6, 6.07) is 4.81. The van der Waals surface area contributed by atoms with Gasteiger partial charge in [0.1, 0.15) is 5.75 Å². The molecule has 0 amide bonds. The Kier molecular flexibility index (Phi) is 4.13. The molecule has 1 atom stereocenters. The molecule has 5 nitrogen and oxygen atoms in total. The first-order valence-electron chi connectivity index (χ1n) is 6.28. The molecule has 2 rings (SSSR count). The molecule has 0 spiro atoms. The minimum absolute atomic E-state index is 0.174. The fourth-order valence-corrected chi connectivity index (χ4v) is 3.90. The van der Waals surface area contributed by atoms with Crippen molar-refractivity contribution in [3.05, 3.63) is 23.8 Å². The van der Waals surface area contributed by atoms with Crippen molar-refractivity contribution in [2.75, 3.05) is 20.2 Å². The van der Waals surface area contributed by atoms with Crippen molar-refractivity contribution in [3.63, 3.8) is 0 Å². The van der Waals surface area contributed by atoms with Crippen LogP contribution in [-0.4, -0.2) is 44.1 Å².